The molecule has 0 spiro atoms. The highest BCUT2D eigenvalue weighted by Crippen LogP contribution is 2.68. The van der Waals surface area contributed by atoms with Crippen LogP contribution < -0.4 is 4.90 Å². The zero-order valence-corrected chi connectivity index (χ0v) is 20.8. The van der Waals surface area contributed by atoms with E-state index < -0.39 is 35.3 Å². The number of hydrogen-bond donors (Lipinski definition) is 0. The van der Waals surface area contributed by atoms with Gasteiger partial charge in [0.2, 0.25) is 5.91 Å². The average Bonchev–Trinajstić information content (AvgIpc) is 3.16. The van der Waals surface area contributed by atoms with Gasteiger partial charge in [0.15, 0.2) is 0 Å². The molecule has 2 amide bonds. The van der Waals surface area contributed by atoms with Crippen LogP contribution in [0.2, 0.25) is 5.02 Å². The van der Waals surface area contributed by atoms with E-state index in [9.17, 15) is 22.8 Å². The Labute approximate surface area is 212 Å². The summed E-state index contributed by atoms with van der Waals surface area (Å²) in [6, 6.07) is 11.8. The first kappa shape index (κ1) is 24.7. The SMILES string of the molecule is CC1(C)C2CC[C@@]1(C)C(C(=O)N1C(=O)OC(C#Cc3ccccc3)(C(F)(F)F)c3cc(Cl)ccc31)C2. The molecular formula is C28H25ClF3NO3. The largest absolute Gasteiger partial charge is 0.445 e. The van der Waals surface area contributed by atoms with E-state index in [1.165, 1.54) is 12.1 Å². The first-order chi connectivity index (χ1) is 16.8. The highest BCUT2D eigenvalue weighted by molar-refractivity contribution is 6.31. The van der Waals surface area contributed by atoms with Crippen molar-refractivity contribution in [2.75, 3.05) is 4.90 Å². The van der Waals surface area contributed by atoms with Gasteiger partial charge in [-0.15, -0.1) is 0 Å². The van der Waals surface area contributed by atoms with Crippen LogP contribution in [0.3, 0.4) is 0 Å². The number of fused-ring (bicyclic) bond motifs is 3. The highest BCUT2D eigenvalue weighted by Gasteiger charge is 2.67. The van der Waals surface area contributed by atoms with Gasteiger partial charge in [-0.3, -0.25) is 4.79 Å². The molecule has 4 atom stereocenters. The molecule has 2 aromatic rings. The smallest absolute Gasteiger partial charge is 0.414 e. The number of nitrogens with zero attached hydrogens (tertiary/aromatic N) is 1. The third-order valence-corrected chi connectivity index (χ3v) is 9.11. The van der Waals surface area contributed by atoms with Crippen LogP contribution in [-0.2, 0) is 15.1 Å². The zero-order valence-electron chi connectivity index (χ0n) is 20.1. The number of halogens is 4. The quantitative estimate of drug-likeness (QED) is 0.381. The summed E-state index contributed by atoms with van der Waals surface area (Å²) in [6.45, 7) is 6.27. The molecule has 188 valence electrons. The Morgan fingerprint density at radius 2 is 1.83 bits per heavy atom. The van der Waals surface area contributed by atoms with Crippen LogP contribution in [0.25, 0.3) is 0 Å². The highest BCUT2D eigenvalue weighted by atomic mass is 35.5. The number of anilines is 1. The number of amides is 2. The minimum atomic E-state index is -5.10. The van der Waals surface area contributed by atoms with Crippen molar-refractivity contribution in [3.63, 3.8) is 0 Å². The van der Waals surface area contributed by atoms with E-state index in [1.54, 1.807) is 30.3 Å². The molecule has 0 saturated heterocycles. The Morgan fingerprint density at radius 1 is 1.14 bits per heavy atom. The number of cyclic esters (lactones) is 1. The van der Waals surface area contributed by atoms with E-state index in [0.717, 1.165) is 23.8 Å². The topological polar surface area (TPSA) is 46.6 Å². The van der Waals surface area contributed by atoms with Gasteiger partial charge in [0.1, 0.15) is 0 Å². The Kier molecular flexibility index (Phi) is 5.50. The molecule has 2 aliphatic carbocycles. The summed E-state index contributed by atoms with van der Waals surface area (Å²) in [6.07, 6.45) is -4.12. The number of ether oxygens (including phenoxy) is 1. The van der Waals surface area contributed by atoms with Crippen molar-refractivity contribution in [1.82, 2.24) is 0 Å². The van der Waals surface area contributed by atoms with Gasteiger partial charge < -0.3 is 4.74 Å². The fraction of sp³-hybridized carbons (Fsp3) is 0.429. The molecule has 0 N–H and O–H groups in total. The molecule has 2 fully saturated rings. The summed E-state index contributed by atoms with van der Waals surface area (Å²) < 4.78 is 49.1. The first-order valence-corrected chi connectivity index (χ1v) is 12.2. The van der Waals surface area contributed by atoms with E-state index in [2.05, 4.69) is 25.7 Å². The second-order valence-electron chi connectivity index (χ2n) is 10.7. The number of alkyl halides is 3. The Bertz CT molecular complexity index is 1310. The second kappa shape index (κ2) is 8.01. The van der Waals surface area contributed by atoms with Gasteiger partial charge in [-0.25, -0.2) is 9.69 Å². The average molecular weight is 516 g/mol. The van der Waals surface area contributed by atoms with Crippen molar-refractivity contribution >= 4 is 29.3 Å². The van der Waals surface area contributed by atoms with E-state index in [4.69, 9.17) is 16.3 Å². The molecule has 0 radical (unpaired) electrons. The lowest BCUT2D eigenvalue weighted by molar-refractivity contribution is -0.240. The molecule has 1 aliphatic heterocycles. The van der Waals surface area contributed by atoms with Gasteiger partial charge in [-0.1, -0.05) is 56.5 Å². The van der Waals surface area contributed by atoms with Gasteiger partial charge in [-0.2, -0.15) is 13.2 Å². The van der Waals surface area contributed by atoms with Crippen molar-refractivity contribution in [1.29, 1.82) is 0 Å². The molecule has 36 heavy (non-hydrogen) atoms. The van der Waals surface area contributed by atoms with Gasteiger partial charge in [0.25, 0.3) is 5.60 Å². The summed E-state index contributed by atoms with van der Waals surface area (Å²) in [5.74, 6) is 3.89. The maximum absolute atomic E-state index is 14.7. The maximum Gasteiger partial charge on any atom is 0.445 e. The van der Waals surface area contributed by atoms with Crippen LogP contribution in [-0.4, -0.2) is 18.2 Å². The van der Waals surface area contributed by atoms with Crippen LogP contribution >= 0.6 is 11.6 Å². The first-order valence-electron chi connectivity index (χ1n) is 11.8. The van der Waals surface area contributed by atoms with Gasteiger partial charge in [0.05, 0.1) is 5.69 Å². The monoisotopic (exact) mass is 515 g/mol. The van der Waals surface area contributed by atoms with Crippen LogP contribution in [0.1, 0.15) is 51.2 Å². The molecule has 2 aromatic carbocycles. The van der Waals surface area contributed by atoms with E-state index in [-0.39, 0.29) is 21.5 Å². The van der Waals surface area contributed by atoms with Crippen molar-refractivity contribution in [3.8, 4) is 11.8 Å². The Hall–Kier alpha value is -2.98. The van der Waals surface area contributed by atoms with Crippen molar-refractivity contribution in [2.24, 2.45) is 22.7 Å². The third kappa shape index (κ3) is 3.37. The fourth-order valence-corrected chi connectivity index (χ4v) is 6.48. The normalized spacial score (nSPS) is 30.3. The maximum atomic E-state index is 14.7. The molecule has 1 heterocycles. The summed E-state index contributed by atoms with van der Waals surface area (Å²) in [5, 5.41) is 0.00209. The number of benzene rings is 2. The number of imide groups is 1. The molecule has 2 saturated carbocycles. The fourth-order valence-electron chi connectivity index (χ4n) is 6.31. The summed E-state index contributed by atoms with van der Waals surface area (Å²) in [5.41, 5.74) is -4.16. The number of hydrogen-bond acceptors (Lipinski definition) is 3. The summed E-state index contributed by atoms with van der Waals surface area (Å²) >= 11 is 6.11. The molecule has 3 aliphatic rings. The molecule has 0 aromatic heterocycles. The molecular weight excluding hydrogens is 491 g/mol. The lowest BCUT2D eigenvalue weighted by Gasteiger charge is -2.43. The minimum Gasteiger partial charge on any atom is -0.414 e. The van der Waals surface area contributed by atoms with E-state index in [1.807, 2.05) is 6.92 Å². The van der Waals surface area contributed by atoms with E-state index in [0.29, 0.717) is 17.9 Å². The van der Waals surface area contributed by atoms with Gasteiger partial charge in [-0.05, 0) is 72.3 Å². The van der Waals surface area contributed by atoms with Gasteiger partial charge >= 0.3 is 12.3 Å². The third-order valence-electron chi connectivity index (χ3n) is 8.87. The Balaban J connectivity index is 1.64. The van der Waals surface area contributed by atoms with Crippen molar-refractivity contribution in [3.05, 3.63) is 64.7 Å². The lowest BCUT2D eigenvalue weighted by atomic mass is 9.66. The lowest BCUT2D eigenvalue weighted by Crippen LogP contribution is -2.56. The number of rotatable bonds is 1. The van der Waals surface area contributed by atoms with Crippen LogP contribution in [0, 0.1) is 34.5 Å². The van der Waals surface area contributed by atoms with Gasteiger partial charge in [0, 0.05) is 22.1 Å². The predicted octanol–water partition coefficient (Wildman–Crippen LogP) is 7.09. The molecule has 4 nitrogen and oxygen atoms in total. The zero-order chi connectivity index (χ0) is 26.1. The summed E-state index contributed by atoms with van der Waals surface area (Å²) in [7, 11) is 0. The molecule has 5 rings (SSSR count). The van der Waals surface area contributed by atoms with E-state index >= 15 is 0 Å². The van der Waals surface area contributed by atoms with Crippen LogP contribution in [0.4, 0.5) is 23.7 Å². The Morgan fingerprint density at radius 3 is 2.42 bits per heavy atom. The molecule has 8 heteroatoms. The molecule has 3 unspecified atom stereocenters. The summed E-state index contributed by atoms with van der Waals surface area (Å²) in [4.78, 5) is 27.9. The standard InChI is InChI=1S/C28H25ClF3NO3/c1-25(2)18-12-13-26(25,3)21(15-18)23(34)33-22-10-9-19(29)16-20(22)27(28(30,31)32,36-24(33)35)14-11-17-7-5-4-6-8-17/h4-10,16,18,21H,12-13,15H2,1-3H3/t18?,21?,26-,27?/m0/s1. The number of carbonyl (C=O) groups excluding carboxylic acids is 2. The van der Waals surface area contributed by atoms with Crippen molar-refractivity contribution in [2.45, 2.75) is 51.8 Å². The minimum absolute atomic E-state index is 0.00209. The number of carbonyl (C=O) groups is 2. The van der Waals surface area contributed by atoms with Crippen molar-refractivity contribution < 1.29 is 27.5 Å². The van der Waals surface area contributed by atoms with Crippen LogP contribution in [0.5, 0.6) is 0 Å². The predicted molar refractivity (Wildman–Crippen MR) is 129 cm³/mol. The van der Waals surface area contributed by atoms with Crippen LogP contribution in [0.15, 0.2) is 48.5 Å². The second-order valence-corrected chi connectivity index (χ2v) is 11.1. The molecule has 2 bridgehead atoms.